The van der Waals surface area contributed by atoms with Crippen LogP contribution >= 0.6 is 0 Å². The fourth-order valence-corrected chi connectivity index (χ4v) is 1.00. The van der Waals surface area contributed by atoms with Gasteiger partial charge in [0, 0.05) is 17.8 Å². The number of hydrogen-bond donors (Lipinski definition) is 1. The van der Waals surface area contributed by atoms with Crippen molar-refractivity contribution in [2.75, 3.05) is 12.3 Å². The number of unbranched alkanes of at least 4 members (excludes halogenated alkanes) is 1. The molecule has 1 aromatic rings. The van der Waals surface area contributed by atoms with Crippen LogP contribution in [0.3, 0.4) is 0 Å². The van der Waals surface area contributed by atoms with Gasteiger partial charge in [0.15, 0.2) is 0 Å². The second kappa shape index (κ2) is 4.70. The van der Waals surface area contributed by atoms with E-state index in [1.165, 1.54) is 12.1 Å². The van der Waals surface area contributed by atoms with Gasteiger partial charge in [0.2, 0.25) is 0 Å². The van der Waals surface area contributed by atoms with Crippen molar-refractivity contribution in [2.24, 2.45) is 0 Å². The van der Waals surface area contributed by atoms with E-state index in [0.717, 1.165) is 12.8 Å². The standard InChI is InChI=1S/C10H14FNO/c1-2-3-4-13-10-6-8(11)5-9(12)7-10/h5-7H,2-4,12H2,1H3. The molecule has 0 aliphatic heterocycles. The lowest BCUT2D eigenvalue weighted by molar-refractivity contribution is 0.308. The summed E-state index contributed by atoms with van der Waals surface area (Å²) in [6.07, 6.45) is 2.03. The summed E-state index contributed by atoms with van der Waals surface area (Å²) < 4.78 is 18.1. The molecule has 13 heavy (non-hydrogen) atoms. The SMILES string of the molecule is CCCCOc1cc(N)cc(F)c1. The second-order valence-corrected chi connectivity index (χ2v) is 2.92. The number of halogens is 1. The third kappa shape index (κ3) is 3.32. The van der Waals surface area contributed by atoms with Crippen LogP contribution in [0.5, 0.6) is 5.75 Å². The molecule has 2 nitrogen and oxygen atoms in total. The summed E-state index contributed by atoms with van der Waals surface area (Å²) in [5.41, 5.74) is 5.84. The van der Waals surface area contributed by atoms with Crippen molar-refractivity contribution in [3.8, 4) is 5.75 Å². The first-order valence-electron chi connectivity index (χ1n) is 4.41. The molecule has 3 heteroatoms. The Hall–Kier alpha value is -1.25. The molecule has 0 atom stereocenters. The third-order valence-corrected chi connectivity index (χ3v) is 1.66. The molecule has 0 radical (unpaired) electrons. The Morgan fingerprint density at radius 3 is 2.77 bits per heavy atom. The zero-order valence-electron chi connectivity index (χ0n) is 7.72. The Kier molecular flexibility index (Phi) is 3.55. The van der Waals surface area contributed by atoms with Gasteiger partial charge in [-0.15, -0.1) is 0 Å². The van der Waals surface area contributed by atoms with Crippen LogP contribution < -0.4 is 10.5 Å². The molecule has 0 heterocycles. The van der Waals surface area contributed by atoms with E-state index < -0.39 is 0 Å². The van der Waals surface area contributed by atoms with E-state index in [0.29, 0.717) is 18.0 Å². The smallest absolute Gasteiger partial charge is 0.128 e. The summed E-state index contributed by atoms with van der Waals surface area (Å²) in [5, 5.41) is 0. The van der Waals surface area contributed by atoms with Gasteiger partial charge in [-0.2, -0.15) is 0 Å². The topological polar surface area (TPSA) is 35.2 Å². The fourth-order valence-electron chi connectivity index (χ4n) is 1.00. The zero-order valence-corrected chi connectivity index (χ0v) is 7.72. The normalized spacial score (nSPS) is 10.0. The average molecular weight is 183 g/mol. The maximum absolute atomic E-state index is 12.8. The number of nitrogen functional groups attached to an aromatic ring is 1. The molecule has 0 spiro atoms. The van der Waals surface area contributed by atoms with Gasteiger partial charge in [0.1, 0.15) is 11.6 Å². The highest BCUT2D eigenvalue weighted by Gasteiger charge is 1.98. The minimum Gasteiger partial charge on any atom is -0.493 e. The van der Waals surface area contributed by atoms with Gasteiger partial charge in [-0.25, -0.2) is 4.39 Å². The van der Waals surface area contributed by atoms with E-state index in [1.807, 2.05) is 0 Å². The molecule has 1 rings (SSSR count). The summed E-state index contributed by atoms with van der Waals surface area (Å²) in [7, 11) is 0. The van der Waals surface area contributed by atoms with Crippen LogP contribution in [-0.4, -0.2) is 6.61 Å². The average Bonchev–Trinajstić information content (AvgIpc) is 2.03. The van der Waals surface area contributed by atoms with Crippen molar-refractivity contribution in [3.05, 3.63) is 24.0 Å². The number of anilines is 1. The van der Waals surface area contributed by atoms with Crippen LogP contribution in [0.1, 0.15) is 19.8 Å². The lowest BCUT2D eigenvalue weighted by atomic mass is 10.3. The monoisotopic (exact) mass is 183 g/mol. The maximum atomic E-state index is 12.8. The summed E-state index contributed by atoms with van der Waals surface area (Å²) in [6.45, 7) is 2.68. The molecule has 0 unspecified atom stereocenters. The Morgan fingerprint density at radius 1 is 1.38 bits per heavy atom. The van der Waals surface area contributed by atoms with E-state index in [9.17, 15) is 4.39 Å². The Labute approximate surface area is 77.5 Å². The molecule has 0 aliphatic rings. The van der Waals surface area contributed by atoms with Gasteiger partial charge >= 0.3 is 0 Å². The molecular formula is C10H14FNO. The molecule has 0 saturated carbocycles. The third-order valence-electron chi connectivity index (χ3n) is 1.66. The molecule has 0 fully saturated rings. The quantitative estimate of drug-likeness (QED) is 0.575. The van der Waals surface area contributed by atoms with Crippen LogP contribution in [0, 0.1) is 5.82 Å². The van der Waals surface area contributed by atoms with Crippen molar-refractivity contribution in [3.63, 3.8) is 0 Å². The highest BCUT2D eigenvalue weighted by molar-refractivity contribution is 5.44. The first-order valence-corrected chi connectivity index (χ1v) is 4.41. The lowest BCUT2D eigenvalue weighted by Gasteiger charge is -2.05. The van der Waals surface area contributed by atoms with Crippen molar-refractivity contribution in [2.45, 2.75) is 19.8 Å². The minimum atomic E-state index is -0.355. The summed E-state index contributed by atoms with van der Waals surface area (Å²) in [6, 6.07) is 4.23. The van der Waals surface area contributed by atoms with Gasteiger partial charge in [-0.3, -0.25) is 0 Å². The first kappa shape index (κ1) is 9.84. The molecule has 0 aliphatic carbocycles. The van der Waals surface area contributed by atoms with Crippen LogP contribution in [-0.2, 0) is 0 Å². The summed E-state index contributed by atoms with van der Waals surface area (Å²) >= 11 is 0. The predicted octanol–water partition coefficient (Wildman–Crippen LogP) is 2.59. The van der Waals surface area contributed by atoms with Gasteiger partial charge < -0.3 is 10.5 Å². The summed E-state index contributed by atoms with van der Waals surface area (Å²) in [4.78, 5) is 0. The molecule has 0 amide bonds. The van der Waals surface area contributed by atoms with E-state index in [1.54, 1.807) is 6.07 Å². The minimum absolute atomic E-state index is 0.355. The molecule has 72 valence electrons. The number of ether oxygens (including phenoxy) is 1. The number of rotatable bonds is 4. The van der Waals surface area contributed by atoms with Crippen LogP contribution in [0.4, 0.5) is 10.1 Å². The molecule has 0 bridgehead atoms. The fraction of sp³-hybridized carbons (Fsp3) is 0.400. The Morgan fingerprint density at radius 2 is 2.15 bits per heavy atom. The maximum Gasteiger partial charge on any atom is 0.128 e. The number of nitrogens with two attached hydrogens (primary N) is 1. The first-order chi connectivity index (χ1) is 6.22. The van der Waals surface area contributed by atoms with E-state index in [-0.39, 0.29) is 5.82 Å². The highest BCUT2D eigenvalue weighted by atomic mass is 19.1. The van der Waals surface area contributed by atoms with Crippen molar-refractivity contribution < 1.29 is 9.13 Å². The zero-order chi connectivity index (χ0) is 9.68. The van der Waals surface area contributed by atoms with E-state index >= 15 is 0 Å². The predicted molar refractivity (Wildman–Crippen MR) is 51.2 cm³/mol. The van der Waals surface area contributed by atoms with Crippen molar-refractivity contribution in [1.82, 2.24) is 0 Å². The largest absolute Gasteiger partial charge is 0.493 e. The van der Waals surface area contributed by atoms with Crippen molar-refractivity contribution >= 4 is 5.69 Å². The van der Waals surface area contributed by atoms with E-state index in [2.05, 4.69) is 6.92 Å². The molecule has 0 saturated heterocycles. The summed E-state index contributed by atoms with van der Waals surface area (Å²) in [5.74, 6) is 0.150. The molecular weight excluding hydrogens is 169 g/mol. The van der Waals surface area contributed by atoms with Crippen molar-refractivity contribution in [1.29, 1.82) is 0 Å². The van der Waals surface area contributed by atoms with Gasteiger partial charge in [0.05, 0.1) is 6.61 Å². The van der Waals surface area contributed by atoms with E-state index in [4.69, 9.17) is 10.5 Å². The Balaban J connectivity index is 2.56. The van der Waals surface area contributed by atoms with Gasteiger partial charge in [-0.05, 0) is 12.5 Å². The van der Waals surface area contributed by atoms with Crippen LogP contribution in [0.25, 0.3) is 0 Å². The van der Waals surface area contributed by atoms with Crippen LogP contribution in [0.2, 0.25) is 0 Å². The molecule has 2 N–H and O–H groups in total. The molecule has 0 aromatic heterocycles. The lowest BCUT2D eigenvalue weighted by Crippen LogP contribution is -1.97. The Bertz CT molecular complexity index is 255. The van der Waals surface area contributed by atoms with Gasteiger partial charge in [-0.1, -0.05) is 13.3 Å². The second-order valence-electron chi connectivity index (χ2n) is 2.92. The van der Waals surface area contributed by atoms with Crippen LogP contribution in [0.15, 0.2) is 18.2 Å². The number of benzene rings is 1. The van der Waals surface area contributed by atoms with Gasteiger partial charge in [0.25, 0.3) is 0 Å². The molecule has 1 aromatic carbocycles. The number of hydrogen-bond acceptors (Lipinski definition) is 2. The highest BCUT2D eigenvalue weighted by Crippen LogP contribution is 2.17.